The normalized spacial score (nSPS) is 22.6. The Morgan fingerprint density at radius 3 is 2.59 bits per heavy atom. The van der Waals surface area contributed by atoms with Crippen LogP contribution in [-0.2, 0) is 24.4 Å². The Bertz CT molecular complexity index is 810. The highest BCUT2D eigenvalue weighted by Gasteiger charge is 2.46. The van der Waals surface area contributed by atoms with Gasteiger partial charge in [0.15, 0.2) is 0 Å². The zero-order chi connectivity index (χ0) is 19.0. The van der Waals surface area contributed by atoms with E-state index in [0.717, 1.165) is 11.3 Å². The number of alkyl halides is 2. The lowest BCUT2D eigenvalue weighted by atomic mass is 9.87. The van der Waals surface area contributed by atoms with Gasteiger partial charge in [0, 0.05) is 57.0 Å². The number of rotatable bonds is 4. The summed E-state index contributed by atoms with van der Waals surface area (Å²) in [7, 11) is 0. The number of carbonyl (C=O) groups excluding carboxylic acids is 1. The molecule has 1 aromatic carbocycles. The molecule has 2 heterocycles. The molecule has 4 nitrogen and oxygen atoms in total. The zero-order valence-electron chi connectivity index (χ0n) is 14.9. The highest BCUT2D eigenvalue weighted by Crippen LogP contribution is 2.37. The summed E-state index contributed by atoms with van der Waals surface area (Å²) < 4.78 is 41.3. The second-order valence-corrected chi connectivity index (χ2v) is 7.61. The molecule has 1 unspecified atom stereocenters. The van der Waals surface area contributed by atoms with Crippen LogP contribution in [0, 0.1) is 11.7 Å². The Balaban J connectivity index is 1.46. The highest BCUT2D eigenvalue weighted by atomic mass is 19.3. The number of nitrogens with zero attached hydrogens (tertiary/aromatic N) is 2. The number of carbonyl (C=O) groups is 1. The Kier molecular flexibility index (Phi) is 4.72. The van der Waals surface area contributed by atoms with Gasteiger partial charge in [-0.1, -0.05) is 12.1 Å². The van der Waals surface area contributed by atoms with Crippen LogP contribution in [0.4, 0.5) is 13.2 Å². The van der Waals surface area contributed by atoms with E-state index in [1.165, 1.54) is 12.1 Å². The van der Waals surface area contributed by atoms with Crippen molar-refractivity contribution < 1.29 is 18.0 Å². The van der Waals surface area contributed by atoms with E-state index in [4.69, 9.17) is 0 Å². The van der Waals surface area contributed by atoms with Crippen molar-refractivity contribution in [2.75, 3.05) is 6.54 Å². The average molecular weight is 377 g/mol. The third-order valence-electron chi connectivity index (χ3n) is 5.33. The van der Waals surface area contributed by atoms with Crippen LogP contribution >= 0.6 is 0 Å². The van der Waals surface area contributed by atoms with Gasteiger partial charge in [-0.3, -0.25) is 9.69 Å². The van der Waals surface area contributed by atoms with Gasteiger partial charge in [0.1, 0.15) is 5.82 Å². The second-order valence-electron chi connectivity index (χ2n) is 7.61. The monoisotopic (exact) mass is 377 g/mol. The Morgan fingerprint density at radius 1 is 1.15 bits per heavy atom. The summed E-state index contributed by atoms with van der Waals surface area (Å²) in [6.45, 7) is 2.32. The fraction of sp³-hybridized carbons (Fsp3) is 0.450. The van der Waals surface area contributed by atoms with Crippen molar-refractivity contribution in [3.8, 4) is 0 Å². The van der Waals surface area contributed by atoms with Crippen LogP contribution in [0.3, 0.4) is 0 Å². The van der Waals surface area contributed by atoms with Crippen molar-refractivity contribution in [2.24, 2.45) is 5.92 Å². The molecular formula is C20H22F3N3O. The van der Waals surface area contributed by atoms with Crippen LogP contribution in [0.1, 0.15) is 24.1 Å². The number of nitrogens with one attached hydrogen (secondary N) is 1. The third-order valence-corrected chi connectivity index (χ3v) is 5.33. The summed E-state index contributed by atoms with van der Waals surface area (Å²) in [5, 5.41) is 2.78. The minimum absolute atomic E-state index is 0.179. The van der Waals surface area contributed by atoms with Crippen molar-refractivity contribution in [1.29, 1.82) is 0 Å². The number of benzene rings is 1. The lowest BCUT2D eigenvalue weighted by molar-refractivity contribution is -0.133. The predicted molar refractivity (Wildman–Crippen MR) is 94.5 cm³/mol. The lowest BCUT2D eigenvalue weighted by Crippen LogP contribution is -2.53. The van der Waals surface area contributed by atoms with Crippen LogP contribution in [0.2, 0.25) is 0 Å². The largest absolute Gasteiger partial charge is 0.353 e. The number of fused-ring (bicyclic) bond motifs is 1. The zero-order valence-corrected chi connectivity index (χ0v) is 14.9. The summed E-state index contributed by atoms with van der Waals surface area (Å²) in [5.74, 6) is -3.43. The number of hydrogen-bond donors (Lipinski definition) is 1. The molecule has 4 rings (SSSR count). The van der Waals surface area contributed by atoms with E-state index in [2.05, 4.69) is 10.2 Å². The van der Waals surface area contributed by atoms with E-state index in [0.29, 0.717) is 26.2 Å². The van der Waals surface area contributed by atoms with Crippen molar-refractivity contribution in [3.05, 3.63) is 59.7 Å². The summed E-state index contributed by atoms with van der Waals surface area (Å²) >= 11 is 0. The molecule has 7 heteroatoms. The average Bonchev–Trinajstić information content (AvgIpc) is 2.94. The number of aromatic nitrogens is 1. The van der Waals surface area contributed by atoms with E-state index >= 15 is 0 Å². The van der Waals surface area contributed by atoms with E-state index in [-0.39, 0.29) is 30.5 Å². The molecule has 0 saturated heterocycles. The molecule has 27 heavy (non-hydrogen) atoms. The second kappa shape index (κ2) is 7.03. The molecule has 1 saturated carbocycles. The minimum atomic E-state index is -2.65. The van der Waals surface area contributed by atoms with E-state index < -0.39 is 12.0 Å². The molecule has 1 amide bonds. The van der Waals surface area contributed by atoms with Gasteiger partial charge in [0.2, 0.25) is 5.91 Å². The first-order chi connectivity index (χ1) is 12.9. The molecular weight excluding hydrogens is 355 g/mol. The van der Waals surface area contributed by atoms with Gasteiger partial charge in [0.05, 0.1) is 5.92 Å². The Hall–Kier alpha value is -2.28. The van der Waals surface area contributed by atoms with Crippen LogP contribution in [0.15, 0.2) is 42.6 Å². The van der Waals surface area contributed by atoms with Crippen molar-refractivity contribution in [1.82, 2.24) is 14.8 Å². The Morgan fingerprint density at radius 2 is 1.89 bits per heavy atom. The first kappa shape index (κ1) is 18.1. The molecule has 144 valence electrons. The quantitative estimate of drug-likeness (QED) is 0.889. The topological polar surface area (TPSA) is 37.3 Å². The Labute approximate surface area is 156 Å². The van der Waals surface area contributed by atoms with Crippen LogP contribution < -0.4 is 5.32 Å². The maximum absolute atomic E-state index is 13.1. The molecule has 1 N–H and O–H groups in total. The smallest absolute Gasteiger partial charge is 0.252 e. The lowest BCUT2D eigenvalue weighted by Gasteiger charge is -2.36. The first-order valence-corrected chi connectivity index (χ1v) is 9.17. The van der Waals surface area contributed by atoms with Crippen molar-refractivity contribution in [3.63, 3.8) is 0 Å². The summed E-state index contributed by atoms with van der Waals surface area (Å²) in [6, 6.07) is 9.86. The van der Waals surface area contributed by atoms with Gasteiger partial charge < -0.3 is 9.88 Å². The van der Waals surface area contributed by atoms with Gasteiger partial charge in [0.25, 0.3) is 5.92 Å². The summed E-state index contributed by atoms with van der Waals surface area (Å²) in [4.78, 5) is 14.8. The maximum atomic E-state index is 13.1. The molecule has 2 aliphatic rings. The standard InChI is InChI=1S/C20H22F3N3O/c21-16-5-3-14(4-6-16)10-25-11-15(12-26-7-1-2-18(26)13-25)19(27)24-17-8-20(22,23)9-17/h1-7,15,17H,8-13H2,(H,24,27). The van der Waals surface area contributed by atoms with Gasteiger partial charge in [-0.15, -0.1) is 0 Å². The van der Waals surface area contributed by atoms with Crippen LogP contribution in [0.25, 0.3) is 0 Å². The molecule has 0 bridgehead atoms. The van der Waals surface area contributed by atoms with Gasteiger partial charge >= 0.3 is 0 Å². The molecule has 1 atom stereocenters. The number of halogens is 3. The summed E-state index contributed by atoms with van der Waals surface area (Å²) in [5.41, 5.74) is 2.07. The number of hydrogen-bond acceptors (Lipinski definition) is 2. The molecule has 2 aromatic rings. The first-order valence-electron chi connectivity index (χ1n) is 9.17. The van der Waals surface area contributed by atoms with Gasteiger partial charge in [-0.2, -0.15) is 0 Å². The van der Waals surface area contributed by atoms with E-state index in [9.17, 15) is 18.0 Å². The minimum Gasteiger partial charge on any atom is -0.353 e. The SMILES string of the molecule is O=C(NC1CC(F)(F)C1)C1CN(Cc2ccc(F)cc2)Cc2cccn2C1. The van der Waals surface area contributed by atoms with Gasteiger partial charge in [-0.05, 0) is 29.8 Å². The van der Waals surface area contributed by atoms with E-state index in [1.807, 2.05) is 22.9 Å². The molecule has 0 spiro atoms. The fourth-order valence-electron chi connectivity index (χ4n) is 3.89. The van der Waals surface area contributed by atoms with Crippen molar-refractivity contribution in [2.45, 2.75) is 44.4 Å². The van der Waals surface area contributed by atoms with Crippen LogP contribution in [0.5, 0.6) is 0 Å². The van der Waals surface area contributed by atoms with Crippen LogP contribution in [-0.4, -0.2) is 33.9 Å². The summed E-state index contributed by atoms with van der Waals surface area (Å²) in [6.07, 6.45) is 1.38. The van der Waals surface area contributed by atoms with Crippen molar-refractivity contribution >= 4 is 5.91 Å². The fourth-order valence-corrected chi connectivity index (χ4v) is 3.89. The predicted octanol–water partition coefficient (Wildman–Crippen LogP) is 3.17. The molecule has 1 aliphatic carbocycles. The highest BCUT2D eigenvalue weighted by molar-refractivity contribution is 5.79. The molecule has 1 fully saturated rings. The number of amides is 1. The third kappa shape index (κ3) is 4.18. The maximum Gasteiger partial charge on any atom is 0.252 e. The molecule has 1 aliphatic heterocycles. The molecule has 0 radical (unpaired) electrons. The van der Waals surface area contributed by atoms with Gasteiger partial charge in [-0.25, -0.2) is 13.2 Å². The van der Waals surface area contributed by atoms with E-state index in [1.54, 1.807) is 12.1 Å². The molecule has 1 aromatic heterocycles.